The Balaban J connectivity index is 2.20. The first-order valence-electron chi connectivity index (χ1n) is 12.1. The number of allylic oxidation sites excluding steroid dienone is 2. The number of carbonyl (C=O) groups excluding carboxylic acids is 2. The lowest BCUT2D eigenvalue weighted by Crippen LogP contribution is -2.43. The zero-order valence-corrected chi connectivity index (χ0v) is 22.4. The number of anilines is 1. The second kappa shape index (κ2) is 11.2. The number of hydrogen-bond donors (Lipinski definition) is 1. The van der Waals surface area contributed by atoms with Crippen LogP contribution < -0.4 is 15.2 Å². The number of carbonyl (C=O) groups is 2. The molecule has 1 unspecified atom stereocenters. The van der Waals surface area contributed by atoms with Crippen molar-refractivity contribution < 1.29 is 28.5 Å². The van der Waals surface area contributed by atoms with Crippen LogP contribution in [0.1, 0.15) is 35.2 Å². The number of nitrogen functional groups attached to an aromatic ring is 1. The van der Waals surface area contributed by atoms with Crippen LogP contribution in [0.3, 0.4) is 0 Å². The van der Waals surface area contributed by atoms with E-state index in [4.69, 9.17) is 24.7 Å². The lowest BCUT2D eigenvalue weighted by Gasteiger charge is -2.38. The highest BCUT2D eigenvalue weighted by atomic mass is 16.5. The highest BCUT2D eigenvalue weighted by Gasteiger charge is 2.52. The lowest BCUT2D eigenvalue weighted by molar-refractivity contribution is -0.154. The third kappa shape index (κ3) is 4.56. The van der Waals surface area contributed by atoms with Gasteiger partial charge in [0.25, 0.3) is 0 Å². The number of esters is 2. The van der Waals surface area contributed by atoms with Gasteiger partial charge in [0.2, 0.25) is 0 Å². The number of pyridine rings is 1. The van der Waals surface area contributed by atoms with Crippen molar-refractivity contribution >= 4 is 28.9 Å². The summed E-state index contributed by atoms with van der Waals surface area (Å²) in [6, 6.07) is 18.0. The van der Waals surface area contributed by atoms with Crippen LogP contribution >= 0.6 is 0 Å². The Bertz CT molecular complexity index is 1600. The van der Waals surface area contributed by atoms with Crippen molar-refractivity contribution in [1.82, 2.24) is 4.98 Å². The molecule has 10 nitrogen and oxygen atoms in total. The first-order chi connectivity index (χ1) is 19.3. The van der Waals surface area contributed by atoms with Crippen molar-refractivity contribution in [3.8, 4) is 34.8 Å². The van der Waals surface area contributed by atoms with Crippen molar-refractivity contribution in [3.63, 3.8) is 0 Å². The van der Waals surface area contributed by atoms with Gasteiger partial charge >= 0.3 is 11.9 Å². The number of nitrogens with zero attached hydrogens (tertiary/aromatic N) is 3. The van der Waals surface area contributed by atoms with Crippen molar-refractivity contribution in [1.29, 1.82) is 10.5 Å². The fourth-order valence-corrected chi connectivity index (χ4v) is 5.10. The van der Waals surface area contributed by atoms with E-state index in [0.717, 1.165) is 0 Å². The summed E-state index contributed by atoms with van der Waals surface area (Å²) >= 11 is 0. The van der Waals surface area contributed by atoms with Crippen LogP contribution in [0, 0.1) is 22.7 Å². The predicted molar refractivity (Wildman–Crippen MR) is 146 cm³/mol. The molecule has 1 atom stereocenters. The SMILES string of the molecule is COC(=O)CC1(C(=O)OC)CC(c2ccc(OC)cc2)=C(C#N)c2nc(N)c(C#N)c(-c3ccc(OC)cc3)c21. The maximum Gasteiger partial charge on any atom is 0.317 e. The number of nitriles is 2. The molecule has 0 bridgehead atoms. The minimum Gasteiger partial charge on any atom is -0.497 e. The van der Waals surface area contributed by atoms with Crippen LogP contribution in [0.5, 0.6) is 11.5 Å². The summed E-state index contributed by atoms with van der Waals surface area (Å²) in [6.07, 6.45) is -0.558. The Hall–Kier alpha value is -5.35. The van der Waals surface area contributed by atoms with E-state index < -0.39 is 23.8 Å². The highest BCUT2D eigenvalue weighted by Crippen LogP contribution is 2.53. The number of fused-ring (bicyclic) bond motifs is 1. The van der Waals surface area contributed by atoms with Gasteiger partial charge in [-0.3, -0.25) is 9.59 Å². The number of nitrogens with two attached hydrogens (primary N) is 1. The van der Waals surface area contributed by atoms with Crippen LogP contribution in [-0.4, -0.2) is 45.4 Å². The second-order valence-electron chi connectivity index (χ2n) is 9.01. The molecule has 3 aromatic rings. The first kappa shape index (κ1) is 27.7. The summed E-state index contributed by atoms with van der Waals surface area (Å²) in [5.74, 6) is -0.427. The van der Waals surface area contributed by atoms with E-state index in [1.54, 1.807) is 48.5 Å². The van der Waals surface area contributed by atoms with E-state index in [2.05, 4.69) is 17.1 Å². The summed E-state index contributed by atoms with van der Waals surface area (Å²) in [4.78, 5) is 31.2. The normalized spacial score (nSPS) is 15.8. The average molecular weight is 539 g/mol. The molecule has 2 N–H and O–H groups in total. The second-order valence-corrected chi connectivity index (χ2v) is 9.01. The molecule has 2 aromatic carbocycles. The number of methoxy groups -OCH3 is 4. The van der Waals surface area contributed by atoms with Crippen molar-refractivity contribution in [3.05, 3.63) is 70.9 Å². The molecule has 4 rings (SSSR count). The zero-order valence-electron chi connectivity index (χ0n) is 22.4. The molecule has 0 spiro atoms. The molecule has 1 heterocycles. The van der Waals surface area contributed by atoms with Gasteiger partial charge in [-0.05, 0) is 47.4 Å². The molecule has 0 aliphatic heterocycles. The monoisotopic (exact) mass is 538 g/mol. The first-order valence-corrected chi connectivity index (χ1v) is 12.1. The van der Waals surface area contributed by atoms with E-state index in [-0.39, 0.29) is 40.2 Å². The molecular weight excluding hydrogens is 512 g/mol. The van der Waals surface area contributed by atoms with Gasteiger partial charge in [0, 0.05) is 11.1 Å². The van der Waals surface area contributed by atoms with Gasteiger partial charge in [-0.1, -0.05) is 24.3 Å². The Morgan fingerprint density at radius 1 is 0.900 bits per heavy atom. The molecule has 0 saturated carbocycles. The third-order valence-electron chi connectivity index (χ3n) is 7.01. The van der Waals surface area contributed by atoms with Crippen molar-refractivity contribution in [2.75, 3.05) is 34.2 Å². The van der Waals surface area contributed by atoms with Gasteiger partial charge in [0.1, 0.15) is 40.4 Å². The minimum atomic E-state index is -1.71. The van der Waals surface area contributed by atoms with Gasteiger partial charge in [0.15, 0.2) is 0 Å². The fraction of sp³-hybridized carbons (Fsp3) is 0.233. The molecule has 10 heteroatoms. The summed E-state index contributed by atoms with van der Waals surface area (Å²) in [5, 5.41) is 20.6. The molecule has 0 fully saturated rings. The number of hydrogen-bond acceptors (Lipinski definition) is 10. The maximum absolute atomic E-state index is 13.8. The molecule has 0 amide bonds. The molecular formula is C30H26N4O6. The minimum absolute atomic E-state index is 0.00718. The van der Waals surface area contributed by atoms with Gasteiger partial charge in [-0.25, -0.2) is 4.98 Å². The fourth-order valence-electron chi connectivity index (χ4n) is 5.10. The van der Waals surface area contributed by atoms with Crippen LogP contribution in [0.15, 0.2) is 48.5 Å². The van der Waals surface area contributed by atoms with E-state index in [9.17, 15) is 20.1 Å². The third-order valence-corrected chi connectivity index (χ3v) is 7.01. The Labute approximate surface area is 231 Å². The quantitative estimate of drug-likeness (QED) is 0.435. The van der Waals surface area contributed by atoms with Gasteiger partial charge in [-0.15, -0.1) is 0 Å². The Morgan fingerprint density at radius 2 is 1.48 bits per heavy atom. The summed E-state index contributed by atoms with van der Waals surface area (Å²) < 4.78 is 20.8. The molecule has 1 aliphatic carbocycles. The smallest absolute Gasteiger partial charge is 0.317 e. The Morgan fingerprint density at radius 3 is 1.95 bits per heavy atom. The van der Waals surface area contributed by atoms with Crippen LogP contribution in [-0.2, 0) is 24.5 Å². The molecule has 1 aliphatic rings. The predicted octanol–water partition coefficient (Wildman–Crippen LogP) is 4.03. The van der Waals surface area contributed by atoms with Gasteiger partial charge in [0.05, 0.1) is 46.1 Å². The largest absolute Gasteiger partial charge is 0.497 e. The molecule has 0 radical (unpaired) electrons. The summed E-state index contributed by atoms with van der Waals surface area (Å²) in [7, 11) is 5.47. The van der Waals surface area contributed by atoms with E-state index in [0.29, 0.717) is 28.2 Å². The maximum atomic E-state index is 13.8. The highest BCUT2D eigenvalue weighted by molar-refractivity contribution is 6.07. The summed E-state index contributed by atoms with van der Waals surface area (Å²) in [6.45, 7) is 0. The number of ether oxygens (including phenoxy) is 4. The van der Waals surface area contributed by atoms with Crippen molar-refractivity contribution in [2.24, 2.45) is 0 Å². The van der Waals surface area contributed by atoms with E-state index >= 15 is 0 Å². The number of benzene rings is 2. The number of aromatic nitrogens is 1. The van der Waals surface area contributed by atoms with E-state index in [1.165, 1.54) is 28.4 Å². The number of rotatable bonds is 7. The molecule has 40 heavy (non-hydrogen) atoms. The van der Waals surface area contributed by atoms with Crippen LogP contribution in [0.2, 0.25) is 0 Å². The lowest BCUT2D eigenvalue weighted by atomic mass is 9.64. The average Bonchev–Trinajstić information content (AvgIpc) is 2.99. The summed E-state index contributed by atoms with van der Waals surface area (Å²) in [5.41, 5.74) is 6.82. The van der Waals surface area contributed by atoms with Crippen LogP contribution in [0.25, 0.3) is 22.3 Å². The zero-order chi connectivity index (χ0) is 29.0. The standard InChI is InChI=1S/C30H26N4O6/c1-37-19-9-5-17(6-10-19)21-13-30(29(36)40-4,14-24(35)39-3)26-25(18-7-11-20(38-2)12-8-18)23(16-32)28(33)34-27(26)22(21)15-31/h5-12H,13-14H2,1-4H3,(H2,33,34). The van der Waals surface area contributed by atoms with Crippen LogP contribution in [0.4, 0.5) is 5.82 Å². The molecule has 202 valence electrons. The Kier molecular flexibility index (Phi) is 7.73. The molecule has 1 aromatic heterocycles. The van der Waals surface area contributed by atoms with Gasteiger partial charge < -0.3 is 24.7 Å². The topological polar surface area (TPSA) is 158 Å². The molecule has 0 saturated heterocycles. The van der Waals surface area contributed by atoms with Gasteiger partial charge in [-0.2, -0.15) is 10.5 Å². The van der Waals surface area contributed by atoms with Crippen molar-refractivity contribution in [2.45, 2.75) is 18.3 Å². The van der Waals surface area contributed by atoms with E-state index in [1.807, 2.05) is 0 Å².